The fraction of sp³-hybridized carbons (Fsp3) is 0.875. The fourth-order valence-electron chi connectivity index (χ4n) is 2.37. The summed E-state index contributed by atoms with van der Waals surface area (Å²) in [5, 5.41) is 0. The van der Waals surface area contributed by atoms with Crippen LogP contribution in [0.15, 0.2) is 0 Å². The van der Waals surface area contributed by atoms with E-state index in [9.17, 15) is 9.59 Å². The molecule has 128 valence electrons. The highest BCUT2D eigenvalue weighted by atomic mass is 17.2. The topological polar surface area (TPSA) is 71.1 Å². The molecule has 0 spiro atoms. The summed E-state index contributed by atoms with van der Waals surface area (Å²) in [6.07, 6.45) is 3.48. The lowest BCUT2D eigenvalue weighted by atomic mass is 9.72. The Kier molecular flexibility index (Phi) is 6.38. The van der Waals surface area contributed by atoms with Gasteiger partial charge in [0.2, 0.25) is 0 Å². The molecule has 0 unspecified atom stereocenters. The lowest BCUT2D eigenvalue weighted by molar-refractivity contribution is -0.333. The Morgan fingerprint density at radius 2 is 1.32 bits per heavy atom. The lowest BCUT2D eigenvalue weighted by Crippen LogP contribution is -2.31. The van der Waals surface area contributed by atoms with Gasteiger partial charge in [-0.25, -0.2) is 9.59 Å². The smallest absolute Gasteiger partial charge is 0.285 e. The van der Waals surface area contributed by atoms with Crippen molar-refractivity contribution in [3.8, 4) is 0 Å². The van der Waals surface area contributed by atoms with E-state index in [1.165, 1.54) is 0 Å². The number of hydrogen-bond acceptors (Lipinski definition) is 6. The standard InChI is InChI=1S/C16H28O6/c1-15(2,3)11-7-9-12(10-8-11)19-20-13(17)14(18)21-22-16(4,5)6/h11-12H,7-10H2,1-6H3. The highest BCUT2D eigenvalue weighted by Gasteiger charge is 2.32. The highest BCUT2D eigenvalue weighted by molar-refractivity contribution is 6.29. The molecule has 0 aromatic rings. The molecule has 0 atom stereocenters. The minimum absolute atomic E-state index is 0.168. The molecular formula is C16H28O6. The molecule has 1 aliphatic carbocycles. The molecule has 1 saturated carbocycles. The molecule has 6 heteroatoms. The molecule has 0 saturated heterocycles. The predicted octanol–water partition coefficient (Wildman–Crippen LogP) is 3.34. The Bertz CT molecular complexity index is 382. The van der Waals surface area contributed by atoms with Gasteiger partial charge in [0.25, 0.3) is 0 Å². The first-order valence-electron chi connectivity index (χ1n) is 7.76. The van der Waals surface area contributed by atoms with Gasteiger partial charge in [0.05, 0.1) is 0 Å². The Labute approximate surface area is 132 Å². The van der Waals surface area contributed by atoms with Crippen LogP contribution in [0.4, 0.5) is 0 Å². The largest absolute Gasteiger partial charge is 0.453 e. The molecule has 0 amide bonds. The van der Waals surface area contributed by atoms with Crippen LogP contribution in [0.1, 0.15) is 67.2 Å². The normalized spacial score (nSPS) is 23.0. The van der Waals surface area contributed by atoms with Gasteiger partial charge in [-0.05, 0) is 57.8 Å². The minimum atomic E-state index is -1.22. The zero-order valence-electron chi connectivity index (χ0n) is 14.4. The summed E-state index contributed by atoms with van der Waals surface area (Å²) in [4.78, 5) is 41.5. The van der Waals surface area contributed by atoms with Crippen molar-refractivity contribution in [2.24, 2.45) is 11.3 Å². The van der Waals surface area contributed by atoms with Crippen molar-refractivity contribution in [2.75, 3.05) is 0 Å². The molecule has 1 aliphatic rings. The fourth-order valence-corrected chi connectivity index (χ4v) is 2.37. The Morgan fingerprint density at radius 1 is 0.818 bits per heavy atom. The second-order valence-electron chi connectivity index (χ2n) is 7.87. The van der Waals surface area contributed by atoms with Crippen molar-refractivity contribution in [1.29, 1.82) is 0 Å². The van der Waals surface area contributed by atoms with Crippen LogP contribution in [-0.2, 0) is 29.1 Å². The molecule has 1 rings (SSSR count). The first kappa shape index (κ1) is 18.9. The molecule has 0 radical (unpaired) electrons. The molecule has 0 heterocycles. The summed E-state index contributed by atoms with van der Waals surface area (Å²) < 4.78 is 0. The third-order valence-corrected chi connectivity index (χ3v) is 3.69. The van der Waals surface area contributed by atoms with Gasteiger partial charge in [-0.15, -0.1) is 0 Å². The minimum Gasteiger partial charge on any atom is -0.285 e. The molecule has 0 aliphatic heterocycles. The van der Waals surface area contributed by atoms with Crippen LogP contribution in [0.2, 0.25) is 0 Å². The predicted molar refractivity (Wildman–Crippen MR) is 79.3 cm³/mol. The molecular weight excluding hydrogens is 288 g/mol. The van der Waals surface area contributed by atoms with E-state index in [0.717, 1.165) is 25.7 Å². The van der Waals surface area contributed by atoms with Gasteiger partial charge >= 0.3 is 11.9 Å². The molecule has 0 aromatic heterocycles. The number of rotatable bonds is 3. The molecule has 1 fully saturated rings. The van der Waals surface area contributed by atoms with E-state index in [-0.39, 0.29) is 11.5 Å². The van der Waals surface area contributed by atoms with E-state index in [4.69, 9.17) is 9.78 Å². The monoisotopic (exact) mass is 316 g/mol. The van der Waals surface area contributed by atoms with Gasteiger partial charge in [-0.2, -0.15) is 9.78 Å². The van der Waals surface area contributed by atoms with Gasteiger partial charge in [-0.1, -0.05) is 20.8 Å². The second-order valence-corrected chi connectivity index (χ2v) is 7.87. The summed E-state index contributed by atoms with van der Waals surface area (Å²) in [7, 11) is 0. The average Bonchev–Trinajstić information content (AvgIpc) is 2.40. The van der Waals surface area contributed by atoms with Gasteiger partial charge in [0.15, 0.2) is 0 Å². The average molecular weight is 316 g/mol. The lowest BCUT2D eigenvalue weighted by Gasteiger charge is -2.36. The zero-order chi connectivity index (χ0) is 17.0. The number of hydrogen-bond donors (Lipinski definition) is 0. The van der Waals surface area contributed by atoms with Crippen molar-refractivity contribution < 1.29 is 29.1 Å². The van der Waals surface area contributed by atoms with Crippen LogP contribution in [0, 0.1) is 11.3 Å². The van der Waals surface area contributed by atoms with Crippen molar-refractivity contribution >= 4 is 11.9 Å². The van der Waals surface area contributed by atoms with Crippen LogP contribution in [0.25, 0.3) is 0 Å². The van der Waals surface area contributed by atoms with Gasteiger partial charge in [0.1, 0.15) is 11.7 Å². The summed E-state index contributed by atoms with van der Waals surface area (Å²) in [6, 6.07) is 0. The SMILES string of the molecule is CC(C)(C)OOC(=O)C(=O)OOC1CCC(C(C)(C)C)CC1. The van der Waals surface area contributed by atoms with E-state index in [0.29, 0.717) is 5.92 Å². The summed E-state index contributed by atoms with van der Waals surface area (Å²) >= 11 is 0. The van der Waals surface area contributed by atoms with Gasteiger partial charge in [-0.3, -0.25) is 9.78 Å². The summed E-state index contributed by atoms with van der Waals surface area (Å²) in [5.74, 6) is -1.80. The van der Waals surface area contributed by atoms with Crippen molar-refractivity contribution in [3.63, 3.8) is 0 Å². The zero-order valence-corrected chi connectivity index (χ0v) is 14.4. The van der Waals surface area contributed by atoms with Crippen molar-refractivity contribution in [3.05, 3.63) is 0 Å². The number of carbonyl (C=O) groups excluding carboxylic acids is 2. The maximum atomic E-state index is 11.4. The Morgan fingerprint density at radius 3 is 1.77 bits per heavy atom. The highest BCUT2D eigenvalue weighted by Crippen LogP contribution is 2.38. The van der Waals surface area contributed by atoms with Crippen molar-refractivity contribution in [2.45, 2.75) is 78.9 Å². The van der Waals surface area contributed by atoms with E-state index in [1.54, 1.807) is 20.8 Å². The van der Waals surface area contributed by atoms with Crippen molar-refractivity contribution in [1.82, 2.24) is 0 Å². The maximum absolute atomic E-state index is 11.4. The first-order chi connectivity index (χ1) is 9.99. The maximum Gasteiger partial charge on any atom is 0.453 e. The van der Waals surface area contributed by atoms with Crippen LogP contribution in [0.3, 0.4) is 0 Å². The second kappa shape index (κ2) is 7.42. The van der Waals surface area contributed by atoms with Gasteiger partial charge in [0, 0.05) is 0 Å². The van der Waals surface area contributed by atoms with Crippen LogP contribution in [0.5, 0.6) is 0 Å². The quantitative estimate of drug-likeness (QED) is 0.452. The van der Waals surface area contributed by atoms with Gasteiger partial charge < -0.3 is 0 Å². The number of carbonyl (C=O) groups is 2. The van der Waals surface area contributed by atoms with E-state index >= 15 is 0 Å². The molecule has 22 heavy (non-hydrogen) atoms. The summed E-state index contributed by atoms with van der Waals surface area (Å²) in [6.45, 7) is 11.7. The third kappa shape index (κ3) is 6.75. The van der Waals surface area contributed by atoms with E-state index in [1.807, 2.05) is 0 Å². The molecule has 0 N–H and O–H groups in total. The van der Waals surface area contributed by atoms with Crippen LogP contribution < -0.4 is 0 Å². The molecule has 6 nitrogen and oxygen atoms in total. The van der Waals surface area contributed by atoms with E-state index < -0.39 is 17.5 Å². The van der Waals surface area contributed by atoms with E-state index in [2.05, 4.69) is 30.5 Å². The summed E-state index contributed by atoms with van der Waals surface area (Å²) in [5.41, 5.74) is -0.419. The van der Waals surface area contributed by atoms with Crippen LogP contribution >= 0.6 is 0 Å². The molecule has 0 bridgehead atoms. The van der Waals surface area contributed by atoms with Crippen LogP contribution in [-0.4, -0.2) is 23.6 Å². The Hall–Kier alpha value is -1.14. The first-order valence-corrected chi connectivity index (χ1v) is 7.76. The Balaban J connectivity index is 2.27. The third-order valence-electron chi connectivity index (χ3n) is 3.69. The molecule has 0 aromatic carbocycles.